The smallest absolute Gasteiger partial charge is 0.0138 e. The first-order valence-corrected chi connectivity index (χ1v) is 13.3. The number of fused-ring (bicyclic) bond motifs is 1. The Morgan fingerprint density at radius 3 is 2.39 bits per heavy atom. The molecule has 0 heteroatoms. The van der Waals surface area contributed by atoms with Crippen LogP contribution in [0.1, 0.15) is 111 Å². The van der Waals surface area contributed by atoms with Crippen LogP contribution in [0.3, 0.4) is 0 Å². The van der Waals surface area contributed by atoms with Gasteiger partial charge in [0.2, 0.25) is 0 Å². The van der Waals surface area contributed by atoms with Gasteiger partial charge in [0.05, 0.1) is 0 Å². The average molecular weight is 385 g/mol. The van der Waals surface area contributed by atoms with Gasteiger partial charge in [0, 0.05) is 0 Å². The van der Waals surface area contributed by atoms with Crippen LogP contribution < -0.4 is 0 Å². The van der Waals surface area contributed by atoms with Crippen molar-refractivity contribution >= 4 is 0 Å². The summed E-state index contributed by atoms with van der Waals surface area (Å²) in [5.41, 5.74) is 1.90. The molecule has 0 aliphatic heterocycles. The highest BCUT2D eigenvalue weighted by atomic mass is 14.6. The van der Waals surface area contributed by atoms with E-state index in [9.17, 15) is 0 Å². The van der Waals surface area contributed by atoms with Gasteiger partial charge in [-0.25, -0.2) is 0 Å². The van der Waals surface area contributed by atoms with E-state index in [1.807, 2.05) is 5.57 Å². The van der Waals surface area contributed by atoms with Gasteiger partial charge in [-0.15, -0.1) is 0 Å². The molecule has 0 aromatic carbocycles. The minimum atomic E-state index is 0.946. The molecule has 0 amide bonds. The van der Waals surface area contributed by atoms with Crippen LogP contribution in [0, 0.1) is 53.3 Å². The molecule has 4 rings (SSSR count). The Balaban J connectivity index is 1.44. The predicted molar refractivity (Wildman–Crippen MR) is 122 cm³/mol. The largest absolute Gasteiger partial charge is 0.0850 e. The zero-order chi connectivity index (χ0) is 19.7. The zero-order valence-electron chi connectivity index (χ0n) is 19.5. The summed E-state index contributed by atoms with van der Waals surface area (Å²) in [7, 11) is 0. The van der Waals surface area contributed by atoms with Gasteiger partial charge >= 0.3 is 0 Å². The van der Waals surface area contributed by atoms with Gasteiger partial charge in [0.25, 0.3) is 0 Å². The fourth-order valence-electron chi connectivity index (χ4n) is 8.13. The summed E-state index contributed by atoms with van der Waals surface area (Å²) < 4.78 is 0. The molecular formula is C28H48. The Kier molecular flexibility index (Phi) is 6.94. The van der Waals surface area contributed by atoms with E-state index < -0.39 is 0 Å². The van der Waals surface area contributed by atoms with Crippen LogP contribution in [0.25, 0.3) is 0 Å². The van der Waals surface area contributed by atoms with Crippen LogP contribution in [0.15, 0.2) is 11.6 Å². The summed E-state index contributed by atoms with van der Waals surface area (Å²) in [5, 5.41) is 0. The molecule has 4 aliphatic carbocycles. The normalized spacial score (nSPS) is 43.0. The van der Waals surface area contributed by atoms with Gasteiger partial charge < -0.3 is 0 Å². The minimum Gasteiger partial charge on any atom is -0.0850 e. The van der Waals surface area contributed by atoms with E-state index in [4.69, 9.17) is 0 Å². The summed E-state index contributed by atoms with van der Waals surface area (Å²) >= 11 is 0. The topological polar surface area (TPSA) is 0 Å². The van der Waals surface area contributed by atoms with Crippen molar-refractivity contribution < 1.29 is 0 Å². The van der Waals surface area contributed by atoms with Gasteiger partial charge in [0.15, 0.2) is 0 Å². The quantitative estimate of drug-likeness (QED) is 0.416. The van der Waals surface area contributed by atoms with Crippen LogP contribution >= 0.6 is 0 Å². The molecule has 0 bridgehead atoms. The fraction of sp³-hybridized carbons (Fsp3) is 0.929. The van der Waals surface area contributed by atoms with Gasteiger partial charge in [-0.05, 0) is 98.2 Å². The van der Waals surface area contributed by atoms with E-state index in [-0.39, 0.29) is 0 Å². The first-order valence-electron chi connectivity index (χ1n) is 13.3. The summed E-state index contributed by atoms with van der Waals surface area (Å²) in [6.45, 7) is 10.00. The molecule has 3 fully saturated rings. The Labute approximate surface area is 176 Å². The lowest BCUT2D eigenvalue weighted by atomic mass is 9.40. The highest BCUT2D eigenvalue weighted by Crippen LogP contribution is 2.66. The Bertz CT molecular complexity index is 530. The second-order valence-electron chi connectivity index (χ2n) is 11.5. The van der Waals surface area contributed by atoms with Crippen molar-refractivity contribution in [1.82, 2.24) is 0 Å². The Morgan fingerprint density at radius 2 is 1.68 bits per heavy atom. The average Bonchev–Trinajstić information content (AvgIpc) is 2.64. The second kappa shape index (κ2) is 9.26. The monoisotopic (exact) mass is 384 g/mol. The molecule has 3 saturated carbocycles. The molecular weight excluding hydrogens is 336 g/mol. The minimum absolute atomic E-state index is 0.946. The third-order valence-corrected chi connectivity index (χ3v) is 10.1. The maximum absolute atomic E-state index is 2.72. The lowest BCUT2D eigenvalue weighted by Gasteiger charge is -2.64. The lowest BCUT2D eigenvalue weighted by Crippen LogP contribution is -2.57. The maximum atomic E-state index is 2.72. The van der Waals surface area contributed by atoms with Crippen molar-refractivity contribution in [3.05, 3.63) is 11.6 Å². The third-order valence-electron chi connectivity index (χ3n) is 10.1. The van der Waals surface area contributed by atoms with E-state index in [1.54, 1.807) is 25.7 Å². The SMILES string of the molecule is CCCC(CC)C(C)C1C2CCCC3CCC3CCC(C)CCC=C3CC1C32. The van der Waals surface area contributed by atoms with Crippen LogP contribution in [-0.2, 0) is 0 Å². The van der Waals surface area contributed by atoms with Gasteiger partial charge in [-0.2, -0.15) is 0 Å². The summed E-state index contributed by atoms with van der Waals surface area (Å²) in [6, 6.07) is 0. The van der Waals surface area contributed by atoms with Crippen molar-refractivity contribution in [2.75, 3.05) is 0 Å². The number of hydrogen-bond acceptors (Lipinski definition) is 0. The highest BCUT2D eigenvalue weighted by molar-refractivity contribution is 5.28. The number of allylic oxidation sites excluding steroid dienone is 2. The first kappa shape index (κ1) is 21.0. The summed E-state index contributed by atoms with van der Waals surface area (Å²) in [6.07, 6.45) is 22.0. The molecule has 0 radical (unpaired) electrons. The predicted octanol–water partition coefficient (Wildman–Crippen LogP) is 8.66. The number of rotatable bonds is 5. The molecule has 0 nitrogen and oxygen atoms in total. The van der Waals surface area contributed by atoms with Crippen molar-refractivity contribution in [3.63, 3.8) is 0 Å². The summed E-state index contributed by atoms with van der Waals surface area (Å²) in [4.78, 5) is 0. The van der Waals surface area contributed by atoms with Crippen LogP contribution in [0.5, 0.6) is 0 Å². The van der Waals surface area contributed by atoms with E-state index in [0.29, 0.717) is 0 Å². The zero-order valence-corrected chi connectivity index (χ0v) is 19.5. The number of hydrogen-bond donors (Lipinski definition) is 0. The van der Waals surface area contributed by atoms with E-state index in [2.05, 4.69) is 33.8 Å². The van der Waals surface area contributed by atoms with Gasteiger partial charge in [0.1, 0.15) is 0 Å². The third kappa shape index (κ3) is 4.00. The van der Waals surface area contributed by atoms with Crippen molar-refractivity contribution in [2.45, 2.75) is 111 Å². The second-order valence-corrected chi connectivity index (χ2v) is 11.5. The van der Waals surface area contributed by atoms with Gasteiger partial charge in [-0.1, -0.05) is 77.9 Å². The summed E-state index contributed by atoms with van der Waals surface area (Å²) in [5.74, 6) is 9.27. The standard InChI is InChI=1S/C28H48/c1-5-9-21(6-2)20(4)27-25-13-8-11-22-16-17-23(22)15-14-19(3)10-7-12-24-18-26(27)28(24)25/h12,19-23,25-28H,5-11,13-18H2,1-4H3. The maximum Gasteiger partial charge on any atom is -0.0138 e. The Hall–Kier alpha value is -0.260. The molecule has 28 heavy (non-hydrogen) atoms. The first-order chi connectivity index (χ1) is 13.6. The van der Waals surface area contributed by atoms with Crippen molar-refractivity contribution in [2.24, 2.45) is 53.3 Å². The lowest BCUT2D eigenvalue weighted by molar-refractivity contribution is -0.101. The molecule has 0 spiro atoms. The van der Waals surface area contributed by atoms with E-state index in [1.165, 1.54) is 57.8 Å². The Morgan fingerprint density at radius 1 is 0.929 bits per heavy atom. The van der Waals surface area contributed by atoms with Crippen LogP contribution in [-0.4, -0.2) is 0 Å². The van der Waals surface area contributed by atoms with Crippen molar-refractivity contribution in [3.8, 4) is 0 Å². The highest BCUT2D eigenvalue weighted by Gasteiger charge is 2.59. The molecule has 0 aromatic rings. The molecule has 0 aromatic heterocycles. The fourth-order valence-corrected chi connectivity index (χ4v) is 8.13. The molecule has 0 N–H and O–H groups in total. The van der Waals surface area contributed by atoms with E-state index >= 15 is 0 Å². The molecule has 160 valence electrons. The molecule has 9 atom stereocenters. The van der Waals surface area contributed by atoms with Gasteiger partial charge in [-0.3, -0.25) is 0 Å². The molecule has 4 aliphatic rings. The van der Waals surface area contributed by atoms with E-state index in [0.717, 1.165) is 53.3 Å². The van der Waals surface area contributed by atoms with Crippen LogP contribution in [0.4, 0.5) is 0 Å². The van der Waals surface area contributed by atoms with Crippen LogP contribution in [0.2, 0.25) is 0 Å². The molecule has 0 heterocycles. The molecule has 9 unspecified atom stereocenters. The van der Waals surface area contributed by atoms with Crippen molar-refractivity contribution in [1.29, 1.82) is 0 Å². The molecule has 0 saturated heterocycles.